The molecule has 1 aliphatic heterocycles. The SMILES string of the molecule is CC1(C(=O)NCc2ccc(Br)cc2)CCCCN1. The average Bonchev–Trinajstić information content (AvgIpc) is 2.38. The maximum atomic E-state index is 12.2. The van der Waals surface area contributed by atoms with E-state index < -0.39 is 5.54 Å². The minimum Gasteiger partial charge on any atom is -0.350 e. The average molecular weight is 311 g/mol. The van der Waals surface area contributed by atoms with Crippen molar-refractivity contribution in [2.75, 3.05) is 6.54 Å². The topological polar surface area (TPSA) is 41.1 Å². The molecule has 1 aromatic carbocycles. The lowest BCUT2D eigenvalue weighted by Crippen LogP contribution is -2.56. The first-order valence-corrected chi connectivity index (χ1v) is 7.17. The molecule has 1 amide bonds. The van der Waals surface area contributed by atoms with Crippen LogP contribution >= 0.6 is 15.9 Å². The lowest BCUT2D eigenvalue weighted by Gasteiger charge is -2.33. The summed E-state index contributed by atoms with van der Waals surface area (Å²) >= 11 is 3.40. The molecular formula is C14H19BrN2O. The van der Waals surface area contributed by atoms with Crippen LogP contribution in [0.5, 0.6) is 0 Å². The van der Waals surface area contributed by atoms with Crippen molar-refractivity contribution in [2.45, 2.75) is 38.3 Å². The van der Waals surface area contributed by atoms with Crippen molar-refractivity contribution in [1.29, 1.82) is 0 Å². The third-order valence-electron chi connectivity index (χ3n) is 3.49. The molecule has 1 saturated heterocycles. The summed E-state index contributed by atoms with van der Waals surface area (Å²) in [5.74, 6) is 0.102. The first-order valence-electron chi connectivity index (χ1n) is 6.38. The molecule has 0 saturated carbocycles. The highest BCUT2D eigenvalue weighted by Gasteiger charge is 2.33. The fourth-order valence-corrected chi connectivity index (χ4v) is 2.49. The van der Waals surface area contributed by atoms with E-state index in [1.54, 1.807) is 0 Å². The molecule has 1 unspecified atom stereocenters. The molecule has 4 heteroatoms. The number of benzene rings is 1. The third-order valence-corrected chi connectivity index (χ3v) is 4.01. The number of hydrogen-bond acceptors (Lipinski definition) is 2. The van der Waals surface area contributed by atoms with Gasteiger partial charge in [-0.15, -0.1) is 0 Å². The molecule has 0 bridgehead atoms. The molecule has 0 aromatic heterocycles. The van der Waals surface area contributed by atoms with Gasteiger partial charge < -0.3 is 10.6 Å². The number of carbonyl (C=O) groups is 1. The Labute approximate surface area is 116 Å². The maximum absolute atomic E-state index is 12.2. The van der Waals surface area contributed by atoms with E-state index in [1.807, 2.05) is 31.2 Å². The Morgan fingerprint density at radius 2 is 2.11 bits per heavy atom. The number of nitrogens with one attached hydrogen (secondary N) is 2. The molecule has 1 aliphatic rings. The molecule has 0 spiro atoms. The van der Waals surface area contributed by atoms with Gasteiger partial charge in [0.05, 0.1) is 5.54 Å². The van der Waals surface area contributed by atoms with Crippen LogP contribution in [0.2, 0.25) is 0 Å². The Balaban J connectivity index is 1.89. The van der Waals surface area contributed by atoms with Gasteiger partial charge in [-0.3, -0.25) is 4.79 Å². The van der Waals surface area contributed by atoms with Gasteiger partial charge in [0, 0.05) is 11.0 Å². The van der Waals surface area contributed by atoms with E-state index in [0.29, 0.717) is 6.54 Å². The Morgan fingerprint density at radius 3 is 2.72 bits per heavy atom. The second kappa shape index (κ2) is 5.85. The normalized spacial score (nSPS) is 23.7. The molecule has 98 valence electrons. The molecule has 1 aromatic rings. The minimum atomic E-state index is -0.395. The predicted molar refractivity (Wildman–Crippen MR) is 76.2 cm³/mol. The Hall–Kier alpha value is -0.870. The van der Waals surface area contributed by atoms with E-state index in [-0.39, 0.29) is 5.91 Å². The summed E-state index contributed by atoms with van der Waals surface area (Å²) < 4.78 is 1.05. The number of carbonyl (C=O) groups excluding carboxylic acids is 1. The largest absolute Gasteiger partial charge is 0.350 e. The van der Waals surface area contributed by atoms with Crippen molar-refractivity contribution < 1.29 is 4.79 Å². The lowest BCUT2D eigenvalue weighted by atomic mass is 9.90. The molecule has 2 rings (SSSR count). The highest BCUT2D eigenvalue weighted by Crippen LogP contribution is 2.19. The van der Waals surface area contributed by atoms with Gasteiger partial charge >= 0.3 is 0 Å². The van der Waals surface area contributed by atoms with Gasteiger partial charge in [-0.1, -0.05) is 28.1 Å². The quantitative estimate of drug-likeness (QED) is 0.901. The van der Waals surface area contributed by atoms with Crippen LogP contribution in [0.3, 0.4) is 0 Å². The second-order valence-corrected chi connectivity index (χ2v) is 5.94. The van der Waals surface area contributed by atoms with Crippen LogP contribution in [0.25, 0.3) is 0 Å². The second-order valence-electron chi connectivity index (χ2n) is 5.03. The highest BCUT2D eigenvalue weighted by atomic mass is 79.9. The molecule has 1 fully saturated rings. The van der Waals surface area contributed by atoms with E-state index in [1.165, 1.54) is 0 Å². The van der Waals surface area contributed by atoms with Gasteiger partial charge in [-0.2, -0.15) is 0 Å². The van der Waals surface area contributed by atoms with Crippen LogP contribution in [0.15, 0.2) is 28.7 Å². The van der Waals surface area contributed by atoms with Crippen LogP contribution < -0.4 is 10.6 Å². The van der Waals surface area contributed by atoms with Gasteiger partial charge in [0.25, 0.3) is 0 Å². The molecule has 2 N–H and O–H groups in total. The van der Waals surface area contributed by atoms with Crippen LogP contribution in [0, 0.1) is 0 Å². The summed E-state index contributed by atoms with van der Waals surface area (Å²) in [6.45, 7) is 3.51. The lowest BCUT2D eigenvalue weighted by molar-refractivity contribution is -0.128. The van der Waals surface area contributed by atoms with Crippen molar-refractivity contribution in [1.82, 2.24) is 10.6 Å². The molecule has 1 atom stereocenters. The van der Waals surface area contributed by atoms with E-state index in [2.05, 4.69) is 26.6 Å². The minimum absolute atomic E-state index is 0.102. The van der Waals surface area contributed by atoms with E-state index in [9.17, 15) is 4.79 Å². The molecule has 3 nitrogen and oxygen atoms in total. The summed E-state index contributed by atoms with van der Waals surface area (Å²) in [6, 6.07) is 8.01. The molecular weight excluding hydrogens is 292 g/mol. The molecule has 0 aliphatic carbocycles. The van der Waals surface area contributed by atoms with E-state index in [0.717, 1.165) is 35.8 Å². The van der Waals surface area contributed by atoms with Crippen molar-refractivity contribution >= 4 is 21.8 Å². The predicted octanol–water partition coefficient (Wildman–Crippen LogP) is 2.60. The number of piperidine rings is 1. The first-order chi connectivity index (χ1) is 8.60. The van der Waals surface area contributed by atoms with E-state index >= 15 is 0 Å². The fraction of sp³-hybridized carbons (Fsp3) is 0.500. The third kappa shape index (κ3) is 3.33. The van der Waals surface area contributed by atoms with Crippen LogP contribution in [-0.4, -0.2) is 18.0 Å². The van der Waals surface area contributed by atoms with Crippen molar-refractivity contribution in [3.63, 3.8) is 0 Å². The number of amides is 1. The summed E-state index contributed by atoms with van der Waals surface area (Å²) in [6.07, 6.45) is 3.20. The standard InChI is InChI=1S/C14H19BrN2O/c1-14(8-2-3-9-17-14)13(18)16-10-11-4-6-12(15)7-5-11/h4-7,17H,2-3,8-10H2,1H3,(H,16,18). The Bertz CT molecular complexity index is 410. The summed E-state index contributed by atoms with van der Waals surface area (Å²) in [5, 5.41) is 6.33. The monoisotopic (exact) mass is 310 g/mol. The van der Waals surface area contributed by atoms with Gasteiger partial charge in [0.2, 0.25) is 5.91 Å². The molecule has 0 radical (unpaired) electrons. The Kier molecular flexibility index (Phi) is 4.40. The number of hydrogen-bond donors (Lipinski definition) is 2. The van der Waals surface area contributed by atoms with Crippen LogP contribution in [0.4, 0.5) is 0 Å². The van der Waals surface area contributed by atoms with Crippen LogP contribution in [0.1, 0.15) is 31.7 Å². The van der Waals surface area contributed by atoms with Crippen molar-refractivity contribution in [2.24, 2.45) is 0 Å². The zero-order valence-corrected chi connectivity index (χ0v) is 12.2. The first kappa shape index (κ1) is 13.6. The summed E-state index contributed by atoms with van der Waals surface area (Å²) in [4.78, 5) is 12.2. The Morgan fingerprint density at radius 1 is 1.39 bits per heavy atom. The van der Waals surface area contributed by atoms with E-state index in [4.69, 9.17) is 0 Å². The smallest absolute Gasteiger partial charge is 0.240 e. The van der Waals surface area contributed by atoms with Gasteiger partial charge in [-0.05, 0) is 50.4 Å². The molecule has 18 heavy (non-hydrogen) atoms. The summed E-state index contributed by atoms with van der Waals surface area (Å²) in [5.41, 5.74) is 0.721. The zero-order valence-electron chi connectivity index (χ0n) is 10.6. The van der Waals surface area contributed by atoms with Gasteiger partial charge in [0.1, 0.15) is 0 Å². The fourth-order valence-electron chi connectivity index (χ4n) is 2.23. The van der Waals surface area contributed by atoms with Crippen molar-refractivity contribution in [3.05, 3.63) is 34.3 Å². The van der Waals surface area contributed by atoms with Gasteiger partial charge in [0.15, 0.2) is 0 Å². The maximum Gasteiger partial charge on any atom is 0.240 e. The highest BCUT2D eigenvalue weighted by molar-refractivity contribution is 9.10. The van der Waals surface area contributed by atoms with Crippen molar-refractivity contribution in [3.8, 4) is 0 Å². The van der Waals surface area contributed by atoms with Crippen LogP contribution in [-0.2, 0) is 11.3 Å². The van der Waals surface area contributed by atoms with Gasteiger partial charge in [-0.25, -0.2) is 0 Å². The summed E-state index contributed by atoms with van der Waals surface area (Å²) in [7, 11) is 0. The number of halogens is 1. The molecule has 1 heterocycles. The number of rotatable bonds is 3. The zero-order chi connectivity index (χ0) is 13.0.